The fourth-order valence-electron chi connectivity index (χ4n) is 2.09. The molecule has 134 valence electrons. The molecule has 0 aliphatic carbocycles. The van der Waals surface area contributed by atoms with E-state index in [2.05, 4.69) is 15.0 Å². The topological polar surface area (TPSA) is 104 Å². The summed E-state index contributed by atoms with van der Waals surface area (Å²) in [4.78, 5) is 24.2. The molecular weight excluding hydrogens is 376 g/mol. The number of esters is 1. The molecular formula is C17H15ClN4O3S. The highest BCUT2D eigenvalue weighted by atomic mass is 35.5. The summed E-state index contributed by atoms with van der Waals surface area (Å²) in [6, 6.07) is 7.33. The van der Waals surface area contributed by atoms with Crippen LogP contribution in [0.1, 0.15) is 23.2 Å². The Hall–Kier alpha value is -2.58. The van der Waals surface area contributed by atoms with Gasteiger partial charge in [0.1, 0.15) is 11.4 Å². The molecule has 0 saturated carbocycles. The van der Waals surface area contributed by atoms with Gasteiger partial charge >= 0.3 is 5.97 Å². The number of aromatic nitrogens is 3. The number of oxazole rings is 1. The van der Waals surface area contributed by atoms with Gasteiger partial charge in [0.05, 0.1) is 18.6 Å². The number of rotatable bonds is 6. The average molecular weight is 391 g/mol. The molecule has 2 heterocycles. The van der Waals surface area contributed by atoms with E-state index in [1.165, 1.54) is 18.0 Å². The fraction of sp³-hybridized carbons (Fsp3) is 0.176. The molecule has 0 atom stereocenters. The molecule has 0 aliphatic rings. The Morgan fingerprint density at radius 1 is 1.35 bits per heavy atom. The van der Waals surface area contributed by atoms with Crippen LogP contribution >= 0.6 is 23.4 Å². The van der Waals surface area contributed by atoms with E-state index in [9.17, 15) is 4.79 Å². The fourth-order valence-corrected chi connectivity index (χ4v) is 2.96. The van der Waals surface area contributed by atoms with E-state index < -0.39 is 5.97 Å². The van der Waals surface area contributed by atoms with Crippen molar-refractivity contribution in [1.82, 2.24) is 15.0 Å². The maximum atomic E-state index is 11.7. The van der Waals surface area contributed by atoms with Gasteiger partial charge in [0, 0.05) is 16.8 Å². The van der Waals surface area contributed by atoms with E-state index in [1.807, 2.05) is 12.1 Å². The highest BCUT2D eigenvalue weighted by Crippen LogP contribution is 2.26. The molecule has 9 heteroatoms. The SMILES string of the molecule is CCOC(=O)c1cnc(SCc2ncc(-c3cccc(Cl)c3)o2)nc1N. The van der Waals surface area contributed by atoms with Crippen molar-refractivity contribution in [1.29, 1.82) is 0 Å². The molecule has 0 fully saturated rings. The number of nitrogens with two attached hydrogens (primary N) is 1. The van der Waals surface area contributed by atoms with Gasteiger partial charge in [0.2, 0.25) is 5.89 Å². The van der Waals surface area contributed by atoms with Crippen LogP contribution in [0.2, 0.25) is 5.02 Å². The van der Waals surface area contributed by atoms with E-state index in [0.29, 0.717) is 27.6 Å². The first kappa shape index (κ1) is 18.2. The largest absolute Gasteiger partial charge is 0.462 e. The van der Waals surface area contributed by atoms with Crippen LogP contribution in [0.3, 0.4) is 0 Å². The summed E-state index contributed by atoms with van der Waals surface area (Å²) < 4.78 is 10.6. The number of thioether (sulfide) groups is 1. The third kappa shape index (κ3) is 4.33. The highest BCUT2D eigenvalue weighted by Gasteiger charge is 2.14. The number of carbonyl (C=O) groups excluding carboxylic acids is 1. The number of carbonyl (C=O) groups is 1. The third-order valence-corrected chi connectivity index (χ3v) is 4.36. The van der Waals surface area contributed by atoms with Crippen molar-refractivity contribution in [2.24, 2.45) is 0 Å². The number of ether oxygens (including phenoxy) is 1. The van der Waals surface area contributed by atoms with Crippen LogP contribution in [0.15, 0.2) is 46.2 Å². The zero-order valence-electron chi connectivity index (χ0n) is 13.8. The lowest BCUT2D eigenvalue weighted by Gasteiger charge is -2.05. The van der Waals surface area contributed by atoms with Crippen molar-refractivity contribution in [2.45, 2.75) is 17.8 Å². The molecule has 1 aromatic carbocycles. The third-order valence-electron chi connectivity index (χ3n) is 3.28. The summed E-state index contributed by atoms with van der Waals surface area (Å²) >= 11 is 7.28. The normalized spacial score (nSPS) is 10.7. The van der Waals surface area contributed by atoms with E-state index in [0.717, 1.165) is 5.56 Å². The van der Waals surface area contributed by atoms with E-state index >= 15 is 0 Å². The first-order valence-corrected chi connectivity index (χ1v) is 9.06. The first-order chi connectivity index (χ1) is 12.6. The molecule has 0 spiro atoms. The first-order valence-electron chi connectivity index (χ1n) is 7.70. The molecule has 3 rings (SSSR count). The van der Waals surface area contributed by atoms with Gasteiger partial charge in [0.15, 0.2) is 10.9 Å². The van der Waals surface area contributed by atoms with E-state index in [4.69, 9.17) is 26.5 Å². The second-order valence-corrected chi connectivity index (χ2v) is 6.47. The van der Waals surface area contributed by atoms with Crippen molar-refractivity contribution < 1.29 is 13.9 Å². The molecule has 26 heavy (non-hydrogen) atoms. The Balaban J connectivity index is 1.66. The molecule has 7 nitrogen and oxygen atoms in total. The summed E-state index contributed by atoms with van der Waals surface area (Å²) in [7, 11) is 0. The van der Waals surface area contributed by atoms with Crippen molar-refractivity contribution in [2.75, 3.05) is 12.3 Å². The Labute approximate surface area is 158 Å². The second-order valence-electron chi connectivity index (χ2n) is 5.09. The standard InChI is InChI=1S/C17H15ClN4O3S/c1-2-24-16(23)12-7-21-17(22-15(12)19)26-9-14-20-8-13(25-14)10-4-3-5-11(18)6-10/h3-8H,2,9H2,1H3,(H2,19,21,22). The average Bonchev–Trinajstić information content (AvgIpc) is 3.09. The molecule has 3 aromatic rings. The van der Waals surface area contributed by atoms with Crippen molar-refractivity contribution in [3.05, 3.63) is 53.1 Å². The predicted molar refractivity (Wildman–Crippen MR) is 98.9 cm³/mol. The van der Waals surface area contributed by atoms with Crippen LogP contribution in [0.25, 0.3) is 11.3 Å². The Morgan fingerprint density at radius 2 is 2.19 bits per heavy atom. The summed E-state index contributed by atoms with van der Waals surface area (Å²) in [5.41, 5.74) is 6.80. The lowest BCUT2D eigenvalue weighted by molar-refractivity contribution is 0.0526. The number of nitrogen functional groups attached to an aromatic ring is 1. The zero-order chi connectivity index (χ0) is 18.5. The minimum absolute atomic E-state index is 0.0768. The number of nitrogens with zero attached hydrogens (tertiary/aromatic N) is 3. The summed E-state index contributed by atoms with van der Waals surface area (Å²) in [6.07, 6.45) is 3.00. The zero-order valence-corrected chi connectivity index (χ0v) is 15.4. The van der Waals surface area contributed by atoms with E-state index in [-0.39, 0.29) is 18.0 Å². The van der Waals surface area contributed by atoms with Crippen LogP contribution in [-0.4, -0.2) is 27.5 Å². The number of hydrogen-bond donors (Lipinski definition) is 1. The van der Waals surface area contributed by atoms with E-state index in [1.54, 1.807) is 25.3 Å². The number of halogens is 1. The smallest absolute Gasteiger partial charge is 0.343 e. The minimum Gasteiger partial charge on any atom is -0.462 e. The van der Waals surface area contributed by atoms with Gasteiger partial charge in [0.25, 0.3) is 0 Å². The number of anilines is 1. The Kier molecular flexibility index (Phi) is 5.75. The van der Waals surface area contributed by atoms with Gasteiger partial charge in [-0.2, -0.15) is 0 Å². The molecule has 0 radical (unpaired) electrons. The lowest BCUT2D eigenvalue weighted by Crippen LogP contribution is -2.10. The summed E-state index contributed by atoms with van der Waals surface area (Å²) in [5, 5.41) is 1.04. The van der Waals surface area contributed by atoms with Gasteiger partial charge in [-0.05, 0) is 19.1 Å². The van der Waals surface area contributed by atoms with Crippen LogP contribution in [0.4, 0.5) is 5.82 Å². The van der Waals surface area contributed by atoms with Gasteiger partial charge in [-0.25, -0.2) is 19.7 Å². The Morgan fingerprint density at radius 3 is 2.92 bits per heavy atom. The van der Waals surface area contributed by atoms with Crippen LogP contribution < -0.4 is 5.73 Å². The predicted octanol–water partition coefficient (Wildman–Crippen LogP) is 3.84. The lowest BCUT2D eigenvalue weighted by atomic mass is 10.2. The maximum absolute atomic E-state index is 11.7. The van der Waals surface area contributed by atoms with Crippen molar-refractivity contribution in [3.63, 3.8) is 0 Å². The van der Waals surface area contributed by atoms with Crippen molar-refractivity contribution >= 4 is 35.1 Å². The van der Waals surface area contributed by atoms with Gasteiger partial charge < -0.3 is 14.9 Å². The van der Waals surface area contributed by atoms with Crippen LogP contribution in [0.5, 0.6) is 0 Å². The summed E-state index contributed by atoms with van der Waals surface area (Å²) in [5.74, 6) is 1.09. The Bertz CT molecular complexity index is 932. The minimum atomic E-state index is -0.541. The molecule has 0 bridgehead atoms. The van der Waals surface area contributed by atoms with Gasteiger partial charge in [-0.3, -0.25) is 0 Å². The molecule has 0 aliphatic heterocycles. The summed E-state index contributed by atoms with van der Waals surface area (Å²) in [6.45, 7) is 1.97. The van der Waals surface area contributed by atoms with Gasteiger partial charge in [-0.1, -0.05) is 35.5 Å². The van der Waals surface area contributed by atoms with Crippen LogP contribution in [0, 0.1) is 0 Å². The molecule has 2 N–H and O–H groups in total. The highest BCUT2D eigenvalue weighted by molar-refractivity contribution is 7.98. The monoisotopic (exact) mass is 390 g/mol. The van der Waals surface area contributed by atoms with Crippen molar-refractivity contribution in [3.8, 4) is 11.3 Å². The van der Waals surface area contributed by atoms with Crippen LogP contribution in [-0.2, 0) is 10.5 Å². The molecule has 2 aromatic heterocycles. The molecule has 0 amide bonds. The quantitative estimate of drug-likeness (QED) is 0.384. The maximum Gasteiger partial charge on any atom is 0.343 e. The number of benzene rings is 1. The molecule has 0 saturated heterocycles. The molecule has 0 unspecified atom stereocenters. The second kappa shape index (κ2) is 8.20. The number of hydrogen-bond acceptors (Lipinski definition) is 8. The van der Waals surface area contributed by atoms with Gasteiger partial charge in [-0.15, -0.1) is 0 Å².